The van der Waals surface area contributed by atoms with Gasteiger partial charge in [-0.15, -0.1) is 6.58 Å². The van der Waals surface area contributed by atoms with Gasteiger partial charge in [0.15, 0.2) is 10.8 Å². The van der Waals surface area contributed by atoms with Crippen molar-refractivity contribution in [2.45, 2.75) is 12.1 Å². The highest BCUT2D eigenvalue weighted by Gasteiger charge is 2.11. The van der Waals surface area contributed by atoms with Gasteiger partial charge in [0, 0.05) is 5.75 Å². The molecule has 0 aliphatic carbocycles. The van der Waals surface area contributed by atoms with Crippen molar-refractivity contribution in [2.24, 2.45) is 0 Å². The first-order valence-corrected chi connectivity index (χ1v) is 7.46. The van der Waals surface area contributed by atoms with Crippen molar-refractivity contribution in [1.82, 2.24) is 19.7 Å². The van der Waals surface area contributed by atoms with E-state index in [0.717, 1.165) is 11.3 Å². The zero-order valence-corrected chi connectivity index (χ0v) is 12.4. The number of aromatic nitrogens is 4. The van der Waals surface area contributed by atoms with E-state index in [0.29, 0.717) is 21.9 Å². The van der Waals surface area contributed by atoms with Crippen LogP contribution in [0.1, 0.15) is 5.56 Å². The summed E-state index contributed by atoms with van der Waals surface area (Å²) in [7, 11) is 0. The molecule has 0 atom stereocenters. The first-order chi connectivity index (χ1) is 10.2. The third kappa shape index (κ3) is 2.62. The molecule has 0 saturated heterocycles. The predicted octanol–water partition coefficient (Wildman–Crippen LogP) is 2.70. The number of nitrogens with one attached hydrogen (secondary N) is 1. The summed E-state index contributed by atoms with van der Waals surface area (Å²) in [4.78, 5) is 19.3. The maximum atomic E-state index is 12.1. The average molecular weight is 298 g/mol. The summed E-state index contributed by atoms with van der Waals surface area (Å²) in [5.41, 5.74) is 2.41. The Balaban J connectivity index is 2.18. The van der Waals surface area contributed by atoms with Crippen LogP contribution in [0.15, 0.2) is 53.1 Å². The maximum absolute atomic E-state index is 12.1. The highest BCUT2D eigenvalue weighted by atomic mass is 32.2. The second-order valence-electron chi connectivity index (χ2n) is 4.60. The lowest BCUT2D eigenvalue weighted by Crippen LogP contribution is -2.09. The van der Waals surface area contributed by atoms with E-state index in [2.05, 4.69) is 21.6 Å². The van der Waals surface area contributed by atoms with Crippen LogP contribution >= 0.6 is 11.8 Å². The van der Waals surface area contributed by atoms with E-state index in [1.807, 2.05) is 31.2 Å². The lowest BCUT2D eigenvalue weighted by molar-refractivity contribution is 0.872. The number of rotatable bonds is 4. The number of nitrogens with zero attached hydrogens (tertiary/aromatic N) is 3. The highest BCUT2D eigenvalue weighted by Crippen LogP contribution is 2.18. The van der Waals surface area contributed by atoms with E-state index in [1.165, 1.54) is 11.8 Å². The first-order valence-electron chi connectivity index (χ1n) is 6.48. The monoisotopic (exact) mass is 298 g/mol. The summed E-state index contributed by atoms with van der Waals surface area (Å²) >= 11 is 1.43. The number of aryl methyl sites for hydroxylation is 1. The topological polar surface area (TPSA) is 63.6 Å². The Labute approximate surface area is 125 Å². The van der Waals surface area contributed by atoms with Crippen LogP contribution in [0.5, 0.6) is 0 Å². The van der Waals surface area contributed by atoms with Crippen molar-refractivity contribution in [2.75, 3.05) is 5.75 Å². The SMILES string of the molecule is C=CCSc1nc2c(cnn2-c2cccc(C)c2)c(=O)[nH]1. The molecule has 0 aliphatic heterocycles. The van der Waals surface area contributed by atoms with E-state index in [4.69, 9.17) is 0 Å². The van der Waals surface area contributed by atoms with Gasteiger partial charge in [-0.1, -0.05) is 30.0 Å². The second kappa shape index (κ2) is 5.57. The second-order valence-corrected chi connectivity index (χ2v) is 5.61. The fourth-order valence-corrected chi connectivity index (χ4v) is 2.64. The van der Waals surface area contributed by atoms with Gasteiger partial charge in [-0.3, -0.25) is 4.79 Å². The summed E-state index contributed by atoms with van der Waals surface area (Å²) in [6.45, 7) is 5.68. The molecule has 0 amide bonds. The minimum absolute atomic E-state index is 0.175. The van der Waals surface area contributed by atoms with Crippen LogP contribution in [-0.4, -0.2) is 25.5 Å². The summed E-state index contributed by atoms with van der Waals surface area (Å²) in [6.07, 6.45) is 3.32. The van der Waals surface area contributed by atoms with Gasteiger partial charge in [0.05, 0.1) is 11.9 Å². The Morgan fingerprint density at radius 3 is 3.10 bits per heavy atom. The number of benzene rings is 1. The summed E-state index contributed by atoms with van der Waals surface area (Å²) < 4.78 is 1.69. The number of aromatic amines is 1. The number of fused-ring (bicyclic) bond motifs is 1. The van der Waals surface area contributed by atoms with Crippen LogP contribution in [0.3, 0.4) is 0 Å². The number of thioether (sulfide) groups is 1. The van der Waals surface area contributed by atoms with Gasteiger partial charge in [0.2, 0.25) is 0 Å². The molecule has 106 valence electrons. The molecule has 2 aromatic heterocycles. The Morgan fingerprint density at radius 2 is 2.33 bits per heavy atom. The average Bonchev–Trinajstić information content (AvgIpc) is 2.89. The molecule has 0 aliphatic rings. The molecular formula is C15H14N4OS. The van der Waals surface area contributed by atoms with Gasteiger partial charge in [-0.05, 0) is 24.6 Å². The lowest BCUT2D eigenvalue weighted by atomic mass is 10.2. The minimum atomic E-state index is -0.175. The van der Waals surface area contributed by atoms with E-state index >= 15 is 0 Å². The van der Waals surface area contributed by atoms with Crippen molar-refractivity contribution < 1.29 is 0 Å². The molecule has 0 unspecified atom stereocenters. The maximum Gasteiger partial charge on any atom is 0.262 e. The van der Waals surface area contributed by atoms with Crippen LogP contribution in [-0.2, 0) is 0 Å². The summed E-state index contributed by atoms with van der Waals surface area (Å²) in [5.74, 6) is 0.688. The zero-order chi connectivity index (χ0) is 14.8. The first kappa shape index (κ1) is 13.6. The van der Waals surface area contributed by atoms with Gasteiger partial charge in [-0.25, -0.2) is 9.67 Å². The van der Waals surface area contributed by atoms with Crippen molar-refractivity contribution in [3.8, 4) is 5.69 Å². The van der Waals surface area contributed by atoms with Crippen molar-refractivity contribution >= 4 is 22.8 Å². The number of hydrogen-bond donors (Lipinski definition) is 1. The zero-order valence-electron chi connectivity index (χ0n) is 11.5. The Bertz CT molecular complexity index is 865. The summed E-state index contributed by atoms with van der Waals surface area (Å²) in [6, 6.07) is 7.92. The fourth-order valence-electron chi connectivity index (χ4n) is 2.05. The van der Waals surface area contributed by atoms with Crippen LogP contribution in [0.4, 0.5) is 0 Å². The van der Waals surface area contributed by atoms with Gasteiger partial charge in [0.25, 0.3) is 5.56 Å². The molecule has 5 nitrogen and oxygen atoms in total. The van der Waals surface area contributed by atoms with Gasteiger partial charge in [-0.2, -0.15) is 5.10 Å². The molecule has 3 aromatic rings. The van der Waals surface area contributed by atoms with E-state index in [1.54, 1.807) is 17.0 Å². The molecule has 0 bridgehead atoms. The van der Waals surface area contributed by atoms with Crippen LogP contribution in [0.2, 0.25) is 0 Å². The predicted molar refractivity (Wildman–Crippen MR) is 85.1 cm³/mol. The van der Waals surface area contributed by atoms with Crippen LogP contribution < -0.4 is 5.56 Å². The molecule has 1 N–H and O–H groups in total. The van der Waals surface area contributed by atoms with Crippen molar-refractivity contribution in [3.05, 3.63) is 59.0 Å². The van der Waals surface area contributed by atoms with E-state index < -0.39 is 0 Å². The van der Waals surface area contributed by atoms with Gasteiger partial charge in [0.1, 0.15) is 5.39 Å². The molecule has 21 heavy (non-hydrogen) atoms. The molecular weight excluding hydrogens is 284 g/mol. The Hall–Kier alpha value is -2.34. The molecule has 0 saturated carbocycles. The number of H-pyrrole nitrogens is 1. The van der Waals surface area contributed by atoms with E-state index in [-0.39, 0.29) is 5.56 Å². The smallest absolute Gasteiger partial charge is 0.262 e. The Morgan fingerprint density at radius 1 is 1.48 bits per heavy atom. The highest BCUT2D eigenvalue weighted by molar-refractivity contribution is 7.99. The normalized spacial score (nSPS) is 10.9. The quantitative estimate of drug-likeness (QED) is 0.457. The lowest BCUT2D eigenvalue weighted by Gasteiger charge is -2.04. The molecule has 0 fully saturated rings. The molecule has 6 heteroatoms. The molecule has 0 spiro atoms. The number of hydrogen-bond acceptors (Lipinski definition) is 4. The molecule has 0 radical (unpaired) electrons. The third-order valence-electron chi connectivity index (χ3n) is 3.00. The molecule has 2 heterocycles. The molecule has 1 aromatic carbocycles. The third-order valence-corrected chi connectivity index (χ3v) is 3.87. The van der Waals surface area contributed by atoms with Gasteiger partial charge >= 0.3 is 0 Å². The molecule has 3 rings (SSSR count). The van der Waals surface area contributed by atoms with Crippen molar-refractivity contribution in [1.29, 1.82) is 0 Å². The minimum Gasteiger partial charge on any atom is -0.301 e. The van der Waals surface area contributed by atoms with Crippen LogP contribution in [0.25, 0.3) is 16.7 Å². The fraction of sp³-hybridized carbons (Fsp3) is 0.133. The Kier molecular flexibility index (Phi) is 3.62. The standard InChI is InChI=1S/C15H14N4OS/c1-3-7-21-15-17-13-12(14(20)18-15)9-16-19(13)11-6-4-5-10(2)8-11/h3-6,8-9H,1,7H2,2H3,(H,17,18,20). The van der Waals surface area contributed by atoms with E-state index in [9.17, 15) is 4.79 Å². The summed E-state index contributed by atoms with van der Waals surface area (Å²) in [5, 5.41) is 5.35. The van der Waals surface area contributed by atoms with Gasteiger partial charge < -0.3 is 4.98 Å². The van der Waals surface area contributed by atoms with Crippen molar-refractivity contribution in [3.63, 3.8) is 0 Å². The largest absolute Gasteiger partial charge is 0.301 e. The van der Waals surface area contributed by atoms with Crippen LogP contribution in [0, 0.1) is 6.92 Å².